The Morgan fingerprint density at radius 3 is 2.32 bits per heavy atom. The molecule has 2 fully saturated rings. The minimum Gasteiger partial charge on any atom is -0.474 e. The summed E-state index contributed by atoms with van der Waals surface area (Å²) < 4.78 is 49.7. The van der Waals surface area contributed by atoms with E-state index < -0.39 is 34.9 Å². The zero-order chi connectivity index (χ0) is 23.2. The molecule has 1 saturated heterocycles. The summed E-state index contributed by atoms with van der Waals surface area (Å²) in [5, 5.41) is 9.68. The molecule has 2 aliphatic rings. The SMILES string of the molecule is CC(C)(COc1nnccc1C(F)(F)F)NC(=O)C1C2CN(C(=O)OC(C)(C)C)CC21. The van der Waals surface area contributed by atoms with E-state index in [1.807, 2.05) is 0 Å². The number of nitrogens with one attached hydrogen (secondary N) is 1. The Bertz CT molecular complexity index is 842. The Kier molecular flexibility index (Phi) is 5.83. The summed E-state index contributed by atoms with van der Waals surface area (Å²) in [4.78, 5) is 26.4. The van der Waals surface area contributed by atoms with E-state index >= 15 is 0 Å². The van der Waals surface area contributed by atoms with Gasteiger partial charge in [0.25, 0.3) is 0 Å². The van der Waals surface area contributed by atoms with Gasteiger partial charge in [-0.15, -0.1) is 5.10 Å². The first kappa shape index (κ1) is 23.1. The average molecular weight is 444 g/mol. The van der Waals surface area contributed by atoms with Crippen molar-refractivity contribution in [2.24, 2.45) is 17.8 Å². The number of amides is 2. The first-order valence-electron chi connectivity index (χ1n) is 9.99. The van der Waals surface area contributed by atoms with Crippen LogP contribution in [0.15, 0.2) is 12.3 Å². The molecular formula is C20H27F3N4O4. The van der Waals surface area contributed by atoms with Crippen molar-refractivity contribution in [2.45, 2.75) is 51.9 Å². The zero-order valence-corrected chi connectivity index (χ0v) is 18.1. The number of piperidine rings is 1. The highest BCUT2D eigenvalue weighted by atomic mass is 19.4. The first-order chi connectivity index (χ1) is 14.2. The molecule has 172 valence electrons. The monoisotopic (exact) mass is 444 g/mol. The van der Waals surface area contributed by atoms with Gasteiger partial charge in [0.05, 0.1) is 11.7 Å². The average Bonchev–Trinajstić information content (AvgIpc) is 3.12. The standard InChI is InChI=1S/C20H27F3N4O4/c1-18(2,3)31-17(29)27-8-11-12(9-27)14(11)15(28)25-19(4,5)10-30-16-13(20(21,22)23)6-7-24-26-16/h6-7,11-12,14H,8-10H2,1-5H3,(H,25,28). The molecule has 31 heavy (non-hydrogen) atoms. The summed E-state index contributed by atoms with van der Waals surface area (Å²) >= 11 is 0. The molecule has 1 N–H and O–H groups in total. The van der Waals surface area contributed by atoms with Gasteiger partial charge in [0.2, 0.25) is 11.8 Å². The van der Waals surface area contributed by atoms with Crippen molar-refractivity contribution in [1.82, 2.24) is 20.4 Å². The fraction of sp³-hybridized carbons (Fsp3) is 0.700. The number of rotatable bonds is 5. The van der Waals surface area contributed by atoms with Gasteiger partial charge < -0.3 is 19.7 Å². The van der Waals surface area contributed by atoms with E-state index in [1.165, 1.54) is 0 Å². The number of nitrogens with zero attached hydrogens (tertiary/aromatic N) is 3. The molecule has 8 nitrogen and oxygen atoms in total. The second-order valence-corrected chi connectivity index (χ2v) is 9.65. The summed E-state index contributed by atoms with van der Waals surface area (Å²) in [6, 6.07) is 0.787. The molecule has 0 radical (unpaired) electrons. The van der Waals surface area contributed by atoms with Crippen LogP contribution in [0.25, 0.3) is 0 Å². The highest BCUT2D eigenvalue weighted by Gasteiger charge is 2.61. The highest BCUT2D eigenvalue weighted by molar-refractivity contribution is 5.84. The molecule has 1 aliphatic carbocycles. The molecule has 0 spiro atoms. The lowest BCUT2D eigenvalue weighted by molar-refractivity contribution is -0.139. The predicted octanol–water partition coefficient (Wildman–Crippen LogP) is 2.88. The number of halogens is 3. The number of likely N-dealkylation sites (tertiary alicyclic amines) is 1. The van der Waals surface area contributed by atoms with Crippen molar-refractivity contribution in [1.29, 1.82) is 0 Å². The molecule has 2 heterocycles. The normalized spacial score (nSPS) is 23.2. The van der Waals surface area contributed by atoms with Crippen molar-refractivity contribution in [3.05, 3.63) is 17.8 Å². The number of fused-ring (bicyclic) bond motifs is 1. The Balaban J connectivity index is 1.51. The Morgan fingerprint density at radius 2 is 1.77 bits per heavy atom. The van der Waals surface area contributed by atoms with Crippen molar-refractivity contribution in [3.8, 4) is 5.88 Å². The van der Waals surface area contributed by atoms with E-state index in [9.17, 15) is 22.8 Å². The second kappa shape index (κ2) is 7.83. The maximum absolute atomic E-state index is 13.0. The summed E-state index contributed by atoms with van der Waals surface area (Å²) in [5.74, 6) is -0.960. The lowest BCUT2D eigenvalue weighted by Crippen LogP contribution is -2.49. The van der Waals surface area contributed by atoms with Gasteiger partial charge in [0.1, 0.15) is 17.8 Å². The zero-order valence-electron chi connectivity index (χ0n) is 18.1. The largest absolute Gasteiger partial charge is 0.474 e. The lowest BCUT2D eigenvalue weighted by Gasteiger charge is -2.28. The van der Waals surface area contributed by atoms with Crippen LogP contribution in [0.1, 0.15) is 40.2 Å². The fourth-order valence-corrected chi connectivity index (χ4v) is 3.73. The molecule has 1 aliphatic heterocycles. The number of hydrogen-bond acceptors (Lipinski definition) is 6. The van der Waals surface area contributed by atoms with Gasteiger partial charge in [0.15, 0.2) is 0 Å². The van der Waals surface area contributed by atoms with Gasteiger partial charge in [-0.25, -0.2) is 4.79 Å². The van der Waals surface area contributed by atoms with Crippen LogP contribution in [-0.2, 0) is 15.7 Å². The molecule has 1 aromatic rings. The van der Waals surface area contributed by atoms with Crippen LogP contribution in [0, 0.1) is 17.8 Å². The number of aromatic nitrogens is 2. The molecule has 2 unspecified atom stereocenters. The summed E-state index contributed by atoms with van der Waals surface area (Å²) in [6.07, 6.45) is -4.07. The minimum absolute atomic E-state index is 0.0565. The van der Waals surface area contributed by atoms with Gasteiger partial charge in [-0.1, -0.05) is 0 Å². The second-order valence-electron chi connectivity index (χ2n) is 9.65. The molecular weight excluding hydrogens is 417 g/mol. The number of ether oxygens (including phenoxy) is 2. The maximum Gasteiger partial charge on any atom is 0.421 e. The summed E-state index contributed by atoms with van der Waals surface area (Å²) in [5.41, 5.74) is -2.54. The third kappa shape index (κ3) is 5.56. The fourth-order valence-electron chi connectivity index (χ4n) is 3.73. The number of hydrogen-bond donors (Lipinski definition) is 1. The molecule has 3 rings (SSSR count). The molecule has 0 aromatic carbocycles. The molecule has 1 aromatic heterocycles. The van der Waals surface area contributed by atoms with Crippen molar-refractivity contribution >= 4 is 12.0 Å². The van der Waals surface area contributed by atoms with Gasteiger partial charge in [-0.2, -0.15) is 18.3 Å². The van der Waals surface area contributed by atoms with Crippen LogP contribution >= 0.6 is 0 Å². The topological polar surface area (TPSA) is 93.7 Å². The van der Waals surface area contributed by atoms with E-state index in [2.05, 4.69) is 15.5 Å². The minimum atomic E-state index is -4.62. The van der Waals surface area contributed by atoms with E-state index in [0.29, 0.717) is 13.1 Å². The molecule has 1 saturated carbocycles. The van der Waals surface area contributed by atoms with Crippen molar-refractivity contribution < 1.29 is 32.2 Å². The van der Waals surface area contributed by atoms with Gasteiger partial charge in [-0.05, 0) is 52.5 Å². The molecule has 0 bridgehead atoms. The maximum atomic E-state index is 13.0. The smallest absolute Gasteiger partial charge is 0.421 e. The third-order valence-corrected chi connectivity index (χ3v) is 5.17. The number of carbonyl (C=O) groups excluding carboxylic acids is 2. The van der Waals surface area contributed by atoms with Crippen molar-refractivity contribution in [3.63, 3.8) is 0 Å². The Labute approximate surface area is 178 Å². The van der Waals surface area contributed by atoms with E-state index in [4.69, 9.17) is 9.47 Å². The lowest BCUT2D eigenvalue weighted by atomic mass is 10.1. The van der Waals surface area contributed by atoms with Crippen molar-refractivity contribution in [2.75, 3.05) is 19.7 Å². The number of carbonyl (C=O) groups is 2. The molecule has 11 heteroatoms. The number of alkyl halides is 3. The molecule has 2 amide bonds. The molecule has 2 atom stereocenters. The van der Waals surface area contributed by atoms with Gasteiger partial charge >= 0.3 is 12.3 Å². The van der Waals surface area contributed by atoms with E-state index in [-0.39, 0.29) is 30.3 Å². The van der Waals surface area contributed by atoms with Crippen LogP contribution in [0.2, 0.25) is 0 Å². The van der Waals surface area contributed by atoms with Crippen LogP contribution in [0.4, 0.5) is 18.0 Å². The summed E-state index contributed by atoms with van der Waals surface area (Å²) in [6.45, 7) is 9.36. The Morgan fingerprint density at radius 1 is 1.16 bits per heavy atom. The van der Waals surface area contributed by atoms with Crippen LogP contribution in [0.5, 0.6) is 5.88 Å². The predicted molar refractivity (Wildman–Crippen MR) is 103 cm³/mol. The Hall–Kier alpha value is -2.59. The van der Waals surface area contributed by atoms with Crippen LogP contribution in [0.3, 0.4) is 0 Å². The van der Waals surface area contributed by atoms with E-state index in [1.54, 1.807) is 39.5 Å². The first-order valence-corrected chi connectivity index (χ1v) is 9.99. The van der Waals surface area contributed by atoms with Crippen LogP contribution in [-0.4, -0.2) is 57.9 Å². The quantitative estimate of drug-likeness (QED) is 0.751. The van der Waals surface area contributed by atoms with Crippen LogP contribution < -0.4 is 10.1 Å². The summed E-state index contributed by atoms with van der Waals surface area (Å²) in [7, 11) is 0. The van der Waals surface area contributed by atoms with Gasteiger partial charge in [0, 0.05) is 19.0 Å². The van der Waals surface area contributed by atoms with Gasteiger partial charge in [-0.3, -0.25) is 4.79 Å². The highest BCUT2D eigenvalue weighted by Crippen LogP contribution is 2.52. The van der Waals surface area contributed by atoms with E-state index in [0.717, 1.165) is 12.3 Å². The third-order valence-electron chi connectivity index (χ3n) is 5.17.